The summed E-state index contributed by atoms with van der Waals surface area (Å²) in [6, 6.07) is 3.76. The van der Waals surface area contributed by atoms with Gasteiger partial charge in [0.25, 0.3) is 0 Å². The summed E-state index contributed by atoms with van der Waals surface area (Å²) in [5.74, 6) is 1.96. The van der Waals surface area contributed by atoms with Crippen molar-refractivity contribution in [2.75, 3.05) is 18.9 Å². The minimum atomic E-state index is 0.464. The van der Waals surface area contributed by atoms with Gasteiger partial charge in [0, 0.05) is 11.6 Å². The van der Waals surface area contributed by atoms with Gasteiger partial charge in [-0.25, -0.2) is 0 Å². The first-order chi connectivity index (χ1) is 8.66. The van der Waals surface area contributed by atoms with Crippen LogP contribution in [0.25, 0.3) is 11.3 Å². The Bertz CT molecular complexity index is 610. The highest BCUT2D eigenvalue weighted by atomic mass is 79.9. The van der Waals surface area contributed by atoms with Crippen molar-refractivity contribution in [1.82, 2.24) is 10.2 Å². The zero-order valence-corrected chi connectivity index (χ0v) is 11.4. The quantitative estimate of drug-likeness (QED) is 0.849. The van der Waals surface area contributed by atoms with E-state index >= 15 is 0 Å². The number of nitrogens with two attached hydrogens (primary N) is 1. The molecule has 1 aromatic heterocycles. The standard InChI is InChI=1S/C12H12BrN3O2/c1-6-4-8-12(18-3-2-17-8)11(13)10(6)7-5-9(14)16-15-7/h4-5H,2-3H2,1H3,(H3,14,15,16). The lowest BCUT2D eigenvalue weighted by Crippen LogP contribution is -2.16. The van der Waals surface area contributed by atoms with Gasteiger partial charge in [-0.2, -0.15) is 5.10 Å². The first-order valence-corrected chi connectivity index (χ1v) is 6.36. The molecule has 1 aliphatic heterocycles. The number of rotatable bonds is 1. The average Bonchev–Trinajstić information content (AvgIpc) is 2.76. The first kappa shape index (κ1) is 11.4. The van der Waals surface area contributed by atoms with Crippen LogP contribution in [0.1, 0.15) is 5.56 Å². The fourth-order valence-corrected chi connectivity index (χ4v) is 2.90. The Balaban J connectivity index is 2.20. The van der Waals surface area contributed by atoms with Crippen LogP contribution in [0.15, 0.2) is 16.6 Å². The molecule has 0 atom stereocenters. The lowest BCUT2D eigenvalue weighted by Gasteiger charge is -2.22. The highest BCUT2D eigenvalue weighted by molar-refractivity contribution is 9.10. The number of hydrogen-bond acceptors (Lipinski definition) is 4. The third kappa shape index (κ3) is 1.73. The van der Waals surface area contributed by atoms with E-state index in [0.717, 1.165) is 32.8 Å². The molecule has 3 rings (SSSR count). The third-order valence-electron chi connectivity index (χ3n) is 2.84. The molecule has 3 N–H and O–H groups in total. The maximum absolute atomic E-state index is 5.64. The summed E-state index contributed by atoms with van der Waals surface area (Å²) >= 11 is 3.57. The monoisotopic (exact) mass is 309 g/mol. The number of benzene rings is 1. The molecule has 0 unspecified atom stereocenters. The van der Waals surface area contributed by atoms with Gasteiger partial charge in [0.15, 0.2) is 11.5 Å². The fraction of sp³-hybridized carbons (Fsp3) is 0.250. The number of aromatic nitrogens is 2. The number of aromatic amines is 1. The molecule has 0 radical (unpaired) electrons. The second kappa shape index (κ2) is 4.20. The molecule has 2 heterocycles. The molecule has 5 nitrogen and oxygen atoms in total. The van der Waals surface area contributed by atoms with E-state index < -0.39 is 0 Å². The van der Waals surface area contributed by atoms with Crippen molar-refractivity contribution in [3.63, 3.8) is 0 Å². The second-order valence-electron chi connectivity index (χ2n) is 4.11. The molecule has 0 spiro atoms. The number of hydrogen-bond donors (Lipinski definition) is 2. The van der Waals surface area contributed by atoms with E-state index in [1.807, 2.05) is 13.0 Å². The summed E-state index contributed by atoms with van der Waals surface area (Å²) in [5, 5.41) is 6.86. The zero-order chi connectivity index (χ0) is 12.7. The second-order valence-corrected chi connectivity index (χ2v) is 4.91. The Labute approximate surface area is 112 Å². The first-order valence-electron chi connectivity index (χ1n) is 5.57. The van der Waals surface area contributed by atoms with Crippen LogP contribution in [0.2, 0.25) is 0 Å². The van der Waals surface area contributed by atoms with Crippen LogP contribution in [-0.2, 0) is 0 Å². The molecule has 0 bridgehead atoms. The van der Waals surface area contributed by atoms with E-state index in [1.165, 1.54) is 0 Å². The van der Waals surface area contributed by atoms with E-state index in [2.05, 4.69) is 26.1 Å². The van der Waals surface area contributed by atoms with Gasteiger partial charge >= 0.3 is 0 Å². The molecule has 0 aliphatic carbocycles. The number of nitrogens with zero attached hydrogens (tertiary/aromatic N) is 1. The largest absolute Gasteiger partial charge is 0.486 e. The van der Waals surface area contributed by atoms with E-state index in [0.29, 0.717) is 19.0 Å². The number of nitrogen functional groups attached to an aromatic ring is 1. The van der Waals surface area contributed by atoms with Crippen molar-refractivity contribution < 1.29 is 9.47 Å². The Morgan fingerprint density at radius 2 is 2.11 bits per heavy atom. The van der Waals surface area contributed by atoms with E-state index in [9.17, 15) is 0 Å². The number of ether oxygens (including phenoxy) is 2. The van der Waals surface area contributed by atoms with Crippen LogP contribution < -0.4 is 15.2 Å². The van der Waals surface area contributed by atoms with Gasteiger partial charge in [-0.15, -0.1) is 0 Å². The van der Waals surface area contributed by atoms with Gasteiger partial charge < -0.3 is 15.2 Å². The molecule has 18 heavy (non-hydrogen) atoms. The lowest BCUT2D eigenvalue weighted by atomic mass is 10.0. The Kier molecular flexibility index (Phi) is 2.66. The minimum Gasteiger partial charge on any atom is -0.486 e. The van der Waals surface area contributed by atoms with Gasteiger partial charge in [0.05, 0.1) is 10.2 Å². The average molecular weight is 310 g/mol. The summed E-state index contributed by atoms with van der Waals surface area (Å²) in [4.78, 5) is 0. The number of aryl methyl sites for hydroxylation is 1. The van der Waals surface area contributed by atoms with Crippen LogP contribution >= 0.6 is 15.9 Å². The van der Waals surface area contributed by atoms with Gasteiger partial charge in [0.1, 0.15) is 19.0 Å². The lowest BCUT2D eigenvalue weighted by molar-refractivity contribution is 0.170. The van der Waals surface area contributed by atoms with Crippen molar-refractivity contribution in [1.29, 1.82) is 0 Å². The van der Waals surface area contributed by atoms with Crippen LogP contribution in [0.3, 0.4) is 0 Å². The number of nitrogens with one attached hydrogen (secondary N) is 1. The summed E-state index contributed by atoms with van der Waals surface area (Å²) in [6.45, 7) is 3.14. The number of anilines is 1. The molecule has 2 aromatic rings. The molecule has 94 valence electrons. The minimum absolute atomic E-state index is 0.464. The molecular formula is C12H12BrN3O2. The van der Waals surface area contributed by atoms with Crippen LogP contribution in [0.4, 0.5) is 5.82 Å². The third-order valence-corrected chi connectivity index (χ3v) is 3.60. The smallest absolute Gasteiger partial charge is 0.176 e. The maximum atomic E-state index is 5.64. The van der Waals surface area contributed by atoms with Crippen molar-refractivity contribution in [3.05, 3.63) is 22.2 Å². The molecule has 0 saturated heterocycles. The fourth-order valence-electron chi connectivity index (χ4n) is 2.06. The van der Waals surface area contributed by atoms with Gasteiger partial charge in [-0.1, -0.05) is 0 Å². The van der Waals surface area contributed by atoms with Crippen LogP contribution in [0, 0.1) is 6.92 Å². The SMILES string of the molecule is Cc1cc2c(c(Br)c1-c1cc(N)n[nH]1)OCCO2. The topological polar surface area (TPSA) is 73.2 Å². The highest BCUT2D eigenvalue weighted by Crippen LogP contribution is 2.45. The summed E-state index contributed by atoms with van der Waals surface area (Å²) in [5.41, 5.74) is 8.55. The van der Waals surface area contributed by atoms with Crippen molar-refractivity contribution in [3.8, 4) is 22.8 Å². The molecule has 6 heteroatoms. The van der Waals surface area contributed by atoms with Crippen molar-refractivity contribution in [2.24, 2.45) is 0 Å². The predicted molar refractivity (Wildman–Crippen MR) is 71.9 cm³/mol. The Morgan fingerprint density at radius 3 is 2.83 bits per heavy atom. The molecule has 1 aromatic carbocycles. The van der Waals surface area contributed by atoms with Crippen LogP contribution in [-0.4, -0.2) is 23.4 Å². The number of fused-ring (bicyclic) bond motifs is 1. The predicted octanol–water partition coefficient (Wildman–Crippen LogP) is 2.50. The number of halogens is 1. The summed E-state index contributed by atoms with van der Waals surface area (Å²) < 4.78 is 12.1. The summed E-state index contributed by atoms with van der Waals surface area (Å²) in [6.07, 6.45) is 0. The van der Waals surface area contributed by atoms with E-state index in [1.54, 1.807) is 6.07 Å². The zero-order valence-electron chi connectivity index (χ0n) is 9.79. The Morgan fingerprint density at radius 1 is 1.33 bits per heavy atom. The van der Waals surface area contributed by atoms with Gasteiger partial charge in [-0.3, -0.25) is 5.10 Å². The molecule has 0 fully saturated rings. The molecule has 0 saturated carbocycles. The van der Waals surface area contributed by atoms with Crippen molar-refractivity contribution >= 4 is 21.7 Å². The van der Waals surface area contributed by atoms with Crippen molar-refractivity contribution in [2.45, 2.75) is 6.92 Å². The maximum Gasteiger partial charge on any atom is 0.176 e. The Hall–Kier alpha value is -1.69. The molecule has 1 aliphatic rings. The highest BCUT2D eigenvalue weighted by Gasteiger charge is 2.21. The van der Waals surface area contributed by atoms with E-state index in [4.69, 9.17) is 15.2 Å². The van der Waals surface area contributed by atoms with E-state index in [-0.39, 0.29) is 0 Å². The summed E-state index contributed by atoms with van der Waals surface area (Å²) in [7, 11) is 0. The molecule has 0 amide bonds. The van der Waals surface area contributed by atoms with Gasteiger partial charge in [-0.05, 0) is 34.5 Å². The van der Waals surface area contributed by atoms with Gasteiger partial charge in [0.2, 0.25) is 0 Å². The number of H-pyrrole nitrogens is 1. The molecular weight excluding hydrogens is 298 g/mol. The van der Waals surface area contributed by atoms with Crippen LogP contribution in [0.5, 0.6) is 11.5 Å². The normalized spacial score (nSPS) is 13.7.